The third-order valence-corrected chi connectivity index (χ3v) is 5.67. The van der Waals surface area contributed by atoms with E-state index in [2.05, 4.69) is 15.5 Å². The Morgan fingerprint density at radius 2 is 1.75 bits per heavy atom. The molecule has 1 aromatic heterocycles. The number of aromatic amines is 2. The molecule has 0 unspecified atom stereocenters. The summed E-state index contributed by atoms with van der Waals surface area (Å²) in [5.41, 5.74) is 15.3. The standard InChI is InChI=1S/C23H36IN5O3/c1-27-15-18(26)7-2-4-11-31-21-13-17(23(24)30)14-22(20(21)9-6-10-25)32-12-5-3-8-19-16-28-29-19/h13-16,27-29H,2-12,25-26H2,1H3/b18-15-. The van der Waals surface area contributed by atoms with Crippen LogP contribution in [0, 0.1) is 0 Å². The first kappa shape index (κ1) is 26.1. The van der Waals surface area contributed by atoms with Crippen LogP contribution in [-0.4, -0.2) is 40.8 Å². The van der Waals surface area contributed by atoms with E-state index in [0.717, 1.165) is 68.4 Å². The average Bonchev–Trinajstić information content (AvgIpc) is 2.73. The summed E-state index contributed by atoms with van der Waals surface area (Å²) in [6, 6.07) is 3.65. The molecule has 0 atom stereocenters. The predicted molar refractivity (Wildman–Crippen MR) is 136 cm³/mol. The second-order valence-electron chi connectivity index (χ2n) is 7.67. The number of nitrogens with one attached hydrogen (secondary N) is 3. The zero-order valence-corrected chi connectivity index (χ0v) is 21.0. The number of hydrogen-bond acceptors (Lipinski definition) is 6. The molecule has 8 nitrogen and oxygen atoms in total. The van der Waals surface area contributed by atoms with Gasteiger partial charge in [-0.25, -0.2) is 0 Å². The minimum atomic E-state index is -0.0388. The molecule has 1 heterocycles. The molecule has 0 radical (unpaired) electrons. The summed E-state index contributed by atoms with van der Waals surface area (Å²) < 4.78 is 12.2. The molecule has 0 aliphatic rings. The second-order valence-corrected chi connectivity index (χ2v) is 8.65. The Morgan fingerprint density at radius 1 is 1.09 bits per heavy atom. The van der Waals surface area contributed by atoms with Gasteiger partial charge in [0.05, 0.1) is 13.2 Å². The number of H-pyrrole nitrogens is 2. The van der Waals surface area contributed by atoms with Crippen molar-refractivity contribution in [2.45, 2.75) is 51.4 Å². The average molecular weight is 557 g/mol. The van der Waals surface area contributed by atoms with Crippen molar-refractivity contribution in [3.63, 3.8) is 0 Å². The number of carbonyl (C=O) groups excluding carboxylic acids is 1. The molecule has 0 aliphatic carbocycles. The highest BCUT2D eigenvalue weighted by Crippen LogP contribution is 2.33. The molecule has 0 aliphatic heterocycles. The highest BCUT2D eigenvalue weighted by Gasteiger charge is 2.16. The van der Waals surface area contributed by atoms with Crippen LogP contribution in [0.3, 0.4) is 0 Å². The quantitative estimate of drug-likeness (QED) is 0.114. The largest absolute Gasteiger partial charge is 0.493 e. The van der Waals surface area contributed by atoms with Crippen LogP contribution in [0.25, 0.3) is 0 Å². The number of benzene rings is 1. The summed E-state index contributed by atoms with van der Waals surface area (Å²) >= 11 is 1.80. The van der Waals surface area contributed by atoms with Crippen molar-refractivity contribution >= 4 is 26.4 Å². The van der Waals surface area contributed by atoms with Crippen LogP contribution < -0.4 is 26.3 Å². The lowest BCUT2D eigenvalue weighted by Crippen LogP contribution is -2.09. The summed E-state index contributed by atoms with van der Waals surface area (Å²) in [5.74, 6) is 1.43. The zero-order valence-electron chi connectivity index (χ0n) is 18.8. The van der Waals surface area contributed by atoms with Gasteiger partial charge in [0.25, 0.3) is 0 Å². The van der Waals surface area contributed by atoms with E-state index in [-0.39, 0.29) is 3.79 Å². The third-order valence-electron chi connectivity index (χ3n) is 5.05. The van der Waals surface area contributed by atoms with Gasteiger partial charge >= 0.3 is 0 Å². The Balaban J connectivity index is 2.01. The fourth-order valence-corrected chi connectivity index (χ4v) is 3.61. The Kier molecular flexibility index (Phi) is 12.1. The van der Waals surface area contributed by atoms with Gasteiger partial charge in [-0.15, -0.1) is 0 Å². The number of unbranched alkanes of at least 4 members (excludes halogenated alkanes) is 2. The predicted octanol–water partition coefficient (Wildman–Crippen LogP) is 3.78. The molecule has 0 fully saturated rings. The fraction of sp³-hybridized carbons (Fsp3) is 0.522. The lowest BCUT2D eigenvalue weighted by Gasteiger charge is -2.18. The SMILES string of the molecule is CN/C=C(\N)CCCCOc1cc(C(=O)I)cc(OCCCCc2c[nH][nH]2)c1CCCN. The topological polar surface area (TPSA) is 131 Å². The number of nitrogens with two attached hydrogens (primary N) is 2. The van der Waals surface area contributed by atoms with Crippen molar-refractivity contribution in [1.29, 1.82) is 0 Å². The zero-order chi connectivity index (χ0) is 23.2. The normalized spacial score (nSPS) is 11.5. The van der Waals surface area contributed by atoms with Crippen LogP contribution >= 0.6 is 22.6 Å². The number of halogens is 1. The maximum Gasteiger partial charge on any atom is 0.222 e. The molecule has 0 amide bonds. The Hall–Kier alpha value is -2.14. The number of ether oxygens (including phenoxy) is 2. The number of allylic oxidation sites excluding steroid dienone is 1. The van der Waals surface area contributed by atoms with E-state index < -0.39 is 0 Å². The molecule has 9 heteroatoms. The summed E-state index contributed by atoms with van der Waals surface area (Å²) in [6.45, 7) is 1.72. The number of aryl methyl sites for hydroxylation is 1. The van der Waals surface area contributed by atoms with Gasteiger partial charge < -0.3 is 36.5 Å². The lowest BCUT2D eigenvalue weighted by atomic mass is 10.0. The van der Waals surface area contributed by atoms with E-state index in [1.54, 1.807) is 28.8 Å². The number of aromatic nitrogens is 2. The molecular formula is C23H36IN5O3. The van der Waals surface area contributed by atoms with E-state index in [0.29, 0.717) is 31.1 Å². The molecule has 0 bridgehead atoms. The molecule has 0 saturated heterocycles. The number of carbonyl (C=O) groups is 1. The van der Waals surface area contributed by atoms with Crippen molar-refractivity contribution in [2.24, 2.45) is 11.5 Å². The van der Waals surface area contributed by atoms with Crippen LogP contribution in [0.2, 0.25) is 0 Å². The lowest BCUT2D eigenvalue weighted by molar-refractivity contribution is 0.110. The maximum absolute atomic E-state index is 12.1. The van der Waals surface area contributed by atoms with E-state index in [1.807, 2.05) is 25.4 Å². The number of rotatable bonds is 17. The van der Waals surface area contributed by atoms with Gasteiger partial charge in [0, 0.05) is 64.6 Å². The smallest absolute Gasteiger partial charge is 0.222 e. The first-order chi connectivity index (χ1) is 15.5. The van der Waals surface area contributed by atoms with Gasteiger partial charge in [0.2, 0.25) is 3.79 Å². The van der Waals surface area contributed by atoms with E-state index in [1.165, 1.54) is 5.69 Å². The summed E-state index contributed by atoms with van der Waals surface area (Å²) in [6.07, 6.45) is 10.9. The van der Waals surface area contributed by atoms with Gasteiger partial charge in [-0.2, -0.15) is 0 Å². The summed E-state index contributed by atoms with van der Waals surface area (Å²) in [4.78, 5) is 12.1. The van der Waals surface area contributed by atoms with Crippen LogP contribution in [0.5, 0.6) is 11.5 Å². The minimum Gasteiger partial charge on any atom is -0.493 e. The third kappa shape index (κ3) is 9.15. The van der Waals surface area contributed by atoms with Crippen LogP contribution in [0.15, 0.2) is 30.2 Å². The Morgan fingerprint density at radius 3 is 2.28 bits per heavy atom. The molecule has 1 aromatic carbocycles. The van der Waals surface area contributed by atoms with Crippen molar-refractivity contribution in [2.75, 3.05) is 26.8 Å². The van der Waals surface area contributed by atoms with Crippen molar-refractivity contribution in [1.82, 2.24) is 15.5 Å². The number of hydrogen-bond donors (Lipinski definition) is 5. The van der Waals surface area contributed by atoms with Gasteiger partial charge in [-0.3, -0.25) is 4.79 Å². The summed E-state index contributed by atoms with van der Waals surface area (Å²) in [5, 5.41) is 8.88. The molecule has 2 rings (SSSR count). The maximum atomic E-state index is 12.1. The molecular weight excluding hydrogens is 521 g/mol. The van der Waals surface area contributed by atoms with Crippen LogP contribution in [0.4, 0.5) is 0 Å². The molecule has 7 N–H and O–H groups in total. The summed E-state index contributed by atoms with van der Waals surface area (Å²) in [7, 11) is 1.83. The first-order valence-electron chi connectivity index (χ1n) is 11.2. The Labute approximate surface area is 204 Å². The van der Waals surface area contributed by atoms with Gasteiger partial charge in [0.1, 0.15) is 11.5 Å². The van der Waals surface area contributed by atoms with Gasteiger partial charge in [0.15, 0.2) is 0 Å². The molecule has 0 saturated carbocycles. The van der Waals surface area contributed by atoms with Gasteiger partial charge in [-0.05, 0) is 70.0 Å². The van der Waals surface area contributed by atoms with Crippen LogP contribution in [0.1, 0.15) is 60.1 Å². The van der Waals surface area contributed by atoms with Crippen molar-refractivity contribution in [3.8, 4) is 11.5 Å². The van der Waals surface area contributed by atoms with Gasteiger partial charge in [-0.1, -0.05) is 0 Å². The molecule has 0 spiro atoms. The second kappa shape index (κ2) is 14.8. The molecule has 32 heavy (non-hydrogen) atoms. The molecule has 2 aromatic rings. The van der Waals surface area contributed by atoms with Crippen LogP contribution in [-0.2, 0) is 12.8 Å². The Bertz CT molecular complexity index is 838. The van der Waals surface area contributed by atoms with E-state index in [4.69, 9.17) is 20.9 Å². The fourth-order valence-electron chi connectivity index (χ4n) is 3.30. The highest BCUT2D eigenvalue weighted by molar-refractivity contribution is 14.1. The minimum absolute atomic E-state index is 0.0388. The van der Waals surface area contributed by atoms with Crippen molar-refractivity contribution < 1.29 is 14.3 Å². The van der Waals surface area contributed by atoms with E-state index >= 15 is 0 Å². The monoisotopic (exact) mass is 557 g/mol. The molecule has 178 valence electrons. The van der Waals surface area contributed by atoms with E-state index in [9.17, 15) is 4.79 Å². The first-order valence-corrected chi connectivity index (χ1v) is 12.3. The van der Waals surface area contributed by atoms with Crippen molar-refractivity contribution in [3.05, 3.63) is 47.0 Å². The highest BCUT2D eigenvalue weighted by atomic mass is 127.